The summed E-state index contributed by atoms with van der Waals surface area (Å²) in [7, 11) is -4.90. The van der Waals surface area contributed by atoms with Crippen LogP contribution >= 0.6 is 0 Å². The van der Waals surface area contributed by atoms with Gasteiger partial charge in [-0.1, -0.05) is 36.4 Å². The maximum Gasteiger partial charge on any atom is 0.266 e. The molecule has 0 spiro atoms. The highest BCUT2D eigenvalue weighted by molar-refractivity contribution is 7.91. The Morgan fingerprint density at radius 3 is 1.26 bits per heavy atom. The number of hydrogen-bond acceptors (Lipinski definition) is 11. The van der Waals surface area contributed by atoms with E-state index in [1.165, 1.54) is 18.2 Å². The van der Waals surface area contributed by atoms with Gasteiger partial charge in [-0.05, 0) is 82.9 Å². The minimum atomic E-state index is -4.90. The van der Waals surface area contributed by atoms with Crippen LogP contribution in [-0.2, 0) is 9.84 Å². The predicted octanol–water partition coefficient (Wildman–Crippen LogP) is 5.74. The third kappa shape index (κ3) is 5.19. The minimum Gasteiger partial charge on any atom is -0.506 e. The number of carbonyl (C=O) groups is 4. The van der Waals surface area contributed by atoms with Crippen LogP contribution in [0.1, 0.15) is 41.4 Å². The number of nitrogens with zero attached hydrogens (tertiary/aromatic N) is 2. The second kappa shape index (κ2) is 12.1. The number of sulfone groups is 1. The van der Waals surface area contributed by atoms with Gasteiger partial charge in [-0.15, -0.1) is 0 Å². The molecule has 14 heteroatoms. The monoisotopic (exact) mass is 738 g/mol. The van der Waals surface area contributed by atoms with Gasteiger partial charge in [0.25, 0.3) is 23.6 Å². The summed E-state index contributed by atoms with van der Waals surface area (Å²) in [6.07, 6.45) is 0. The molecule has 8 rings (SSSR count). The lowest BCUT2D eigenvalue weighted by molar-refractivity contribution is 0.0910. The summed E-state index contributed by atoms with van der Waals surface area (Å²) >= 11 is 0. The maximum atomic E-state index is 13.8. The van der Waals surface area contributed by atoms with Crippen molar-refractivity contribution in [2.24, 2.45) is 0 Å². The number of aromatic hydroxyl groups is 3. The Morgan fingerprint density at radius 1 is 0.426 bits per heavy atom. The van der Waals surface area contributed by atoms with Crippen molar-refractivity contribution in [1.29, 1.82) is 0 Å². The molecular formula is C40H26N4O9S. The molecule has 2 aliphatic rings. The van der Waals surface area contributed by atoms with Gasteiger partial charge in [-0.2, -0.15) is 0 Å². The molecule has 0 radical (unpaired) electrons. The maximum absolute atomic E-state index is 13.8. The van der Waals surface area contributed by atoms with Gasteiger partial charge in [0.2, 0.25) is 9.84 Å². The van der Waals surface area contributed by atoms with Crippen LogP contribution in [-0.4, -0.2) is 47.4 Å². The first kappa shape index (κ1) is 33.7. The highest BCUT2D eigenvalue weighted by atomic mass is 32.2. The molecule has 2 aliphatic heterocycles. The largest absolute Gasteiger partial charge is 0.506 e. The van der Waals surface area contributed by atoms with Crippen LogP contribution in [0, 0.1) is 0 Å². The summed E-state index contributed by atoms with van der Waals surface area (Å²) < 4.78 is 27.5. The zero-order valence-corrected chi connectivity index (χ0v) is 28.5. The Balaban J connectivity index is 1.07. The standard InChI is InChI=1S/C40H26N4O9S/c41-24-7-1-20(2-8-24)22-5-12-28-30(15-22)39(50)43(37(28)48)26-11-14-35(32(45)17-26)54(52,53)36-33(46)18-27(19-34(36)47)44-38(49)29-13-6-23(16-31(29)40(44)51)21-3-9-25(42)10-4-21/h1-19,45-47H,41-42H2. The van der Waals surface area contributed by atoms with E-state index in [1.54, 1.807) is 66.7 Å². The Kier molecular flexibility index (Phi) is 7.53. The molecule has 6 aromatic carbocycles. The zero-order valence-electron chi connectivity index (χ0n) is 27.7. The van der Waals surface area contributed by atoms with E-state index in [4.69, 9.17) is 11.5 Å². The number of anilines is 4. The molecule has 0 atom stereocenters. The summed E-state index contributed by atoms with van der Waals surface area (Å²) in [4.78, 5) is 53.3. The topological polar surface area (TPSA) is 222 Å². The van der Waals surface area contributed by atoms with Crippen LogP contribution < -0.4 is 21.3 Å². The van der Waals surface area contributed by atoms with Gasteiger partial charge in [-0.25, -0.2) is 18.2 Å². The van der Waals surface area contributed by atoms with Crippen molar-refractivity contribution >= 4 is 56.2 Å². The number of hydrogen-bond donors (Lipinski definition) is 5. The number of rotatable bonds is 6. The van der Waals surface area contributed by atoms with Gasteiger partial charge in [0, 0.05) is 29.6 Å². The third-order valence-electron chi connectivity index (χ3n) is 9.31. The van der Waals surface area contributed by atoms with E-state index in [2.05, 4.69) is 0 Å². The van der Waals surface area contributed by atoms with Crippen molar-refractivity contribution in [3.63, 3.8) is 0 Å². The molecule has 0 aliphatic carbocycles. The lowest BCUT2D eigenvalue weighted by atomic mass is 10.00. The summed E-state index contributed by atoms with van der Waals surface area (Å²) in [6, 6.07) is 27.7. The Labute approximate surface area is 306 Å². The molecule has 0 aromatic heterocycles. The molecule has 266 valence electrons. The van der Waals surface area contributed by atoms with Gasteiger partial charge in [-0.3, -0.25) is 19.2 Å². The second-order valence-electron chi connectivity index (χ2n) is 12.6. The number of fused-ring (bicyclic) bond motifs is 2. The molecule has 7 N–H and O–H groups in total. The molecule has 2 heterocycles. The van der Waals surface area contributed by atoms with Gasteiger partial charge in [0.05, 0.1) is 33.6 Å². The Bertz CT molecular complexity index is 2740. The second-order valence-corrected chi connectivity index (χ2v) is 14.5. The van der Waals surface area contributed by atoms with E-state index in [0.29, 0.717) is 27.4 Å². The van der Waals surface area contributed by atoms with Crippen molar-refractivity contribution in [2.75, 3.05) is 21.3 Å². The molecule has 0 fully saturated rings. The van der Waals surface area contributed by atoms with Gasteiger partial charge in [0.1, 0.15) is 22.1 Å². The van der Waals surface area contributed by atoms with Crippen molar-refractivity contribution in [3.8, 4) is 39.5 Å². The Morgan fingerprint density at radius 2 is 0.815 bits per heavy atom. The average molecular weight is 739 g/mol. The SMILES string of the molecule is Nc1ccc(-c2ccc3c(c2)C(=O)N(c2ccc(S(=O)(=O)c4c(O)cc(N5C(=O)c6ccc(-c7ccc(N)cc7)cc6C5=O)cc4O)c(O)c2)C3=O)cc1. The summed E-state index contributed by atoms with van der Waals surface area (Å²) in [5.41, 5.74) is 15.3. The van der Waals surface area contributed by atoms with Gasteiger partial charge >= 0.3 is 0 Å². The van der Waals surface area contributed by atoms with Crippen LogP contribution in [0.15, 0.2) is 125 Å². The zero-order chi connectivity index (χ0) is 38.2. The molecule has 13 nitrogen and oxygen atoms in total. The molecule has 0 unspecified atom stereocenters. The number of phenols is 3. The smallest absolute Gasteiger partial charge is 0.266 e. The van der Waals surface area contributed by atoms with E-state index in [-0.39, 0.29) is 33.6 Å². The highest BCUT2D eigenvalue weighted by Crippen LogP contribution is 2.44. The number of nitrogens with two attached hydrogens (primary N) is 2. The molecule has 0 saturated heterocycles. The normalized spacial score (nSPS) is 13.8. The van der Waals surface area contributed by atoms with Crippen molar-refractivity contribution in [2.45, 2.75) is 9.79 Å². The van der Waals surface area contributed by atoms with E-state index in [1.807, 2.05) is 0 Å². The van der Waals surface area contributed by atoms with E-state index < -0.39 is 60.5 Å². The van der Waals surface area contributed by atoms with Crippen LogP contribution in [0.25, 0.3) is 22.3 Å². The van der Waals surface area contributed by atoms with Gasteiger partial charge < -0.3 is 26.8 Å². The lowest BCUT2D eigenvalue weighted by Gasteiger charge is -2.18. The first-order valence-electron chi connectivity index (χ1n) is 16.2. The molecule has 54 heavy (non-hydrogen) atoms. The minimum absolute atomic E-state index is 0.0512. The lowest BCUT2D eigenvalue weighted by Crippen LogP contribution is -2.29. The Hall–Kier alpha value is -7.45. The van der Waals surface area contributed by atoms with Crippen LogP contribution in [0.3, 0.4) is 0 Å². The number of nitrogen functional groups attached to an aromatic ring is 2. The number of benzene rings is 6. The quantitative estimate of drug-likeness (QED) is 0.102. The third-order valence-corrected chi connectivity index (χ3v) is 11.2. The number of imide groups is 2. The summed E-state index contributed by atoms with van der Waals surface area (Å²) in [6.45, 7) is 0. The first-order valence-corrected chi connectivity index (χ1v) is 17.6. The molecule has 6 aromatic rings. The van der Waals surface area contributed by atoms with Crippen molar-refractivity contribution in [3.05, 3.63) is 138 Å². The van der Waals surface area contributed by atoms with Crippen LogP contribution in [0.5, 0.6) is 17.2 Å². The molecule has 4 amide bonds. The molecular weight excluding hydrogens is 713 g/mol. The van der Waals surface area contributed by atoms with E-state index >= 15 is 0 Å². The number of amides is 4. The van der Waals surface area contributed by atoms with Gasteiger partial charge in [0.15, 0.2) is 4.90 Å². The highest BCUT2D eigenvalue weighted by Gasteiger charge is 2.40. The fourth-order valence-electron chi connectivity index (χ4n) is 6.63. The summed E-state index contributed by atoms with van der Waals surface area (Å²) in [5.74, 6) is -5.89. The van der Waals surface area contributed by atoms with Crippen LogP contribution in [0.2, 0.25) is 0 Å². The fraction of sp³-hybridized carbons (Fsp3) is 0. The predicted molar refractivity (Wildman–Crippen MR) is 198 cm³/mol. The molecule has 0 saturated carbocycles. The molecule has 0 bridgehead atoms. The van der Waals surface area contributed by atoms with Crippen LogP contribution in [0.4, 0.5) is 22.7 Å². The number of carbonyl (C=O) groups excluding carboxylic acids is 4. The van der Waals surface area contributed by atoms with E-state index in [0.717, 1.165) is 46.4 Å². The van der Waals surface area contributed by atoms with Crippen molar-refractivity contribution in [1.82, 2.24) is 0 Å². The summed E-state index contributed by atoms with van der Waals surface area (Å²) in [5, 5.41) is 32.9. The van der Waals surface area contributed by atoms with Crippen molar-refractivity contribution < 1.29 is 42.9 Å². The fourth-order valence-corrected chi connectivity index (χ4v) is 8.10. The van der Waals surface area contributed by atoms with E-state index in [9.17, 15) is 42.9 Å². The first-order chi connectivity index (χ1) is 25.7. The average Bonchev–Trinajstić information content (AvgIpc) is 3.54. The number of phenolic OH excluding ortho intramolecular Hbond substituents is 3.